The second kappa shape index (κ2) is 16.4. The summed E-state index contributed by atoms with van der Waals surface area (Å²) >= 11 is 0. The Morgan fingerprint density at radius 3 is 2.06 bits per heavy atom. The maximum Gasteiger partial charge on any atom is 0.216 e. The third kappa shape index (κ3) is 9.16. The van der Waals surface area contributed by atoms with E-state index in [0.29, 0.717) is 32.3 Å². The van der Waals surface area contributed by atoms with Gasteiger partial charge in [0, 0.05) is 37.1 Å². The monoisotopic (exact) mass is 465 g/mol. The molecular formula is C27H47NO5. The van der Waals surface area contributed by atoms with Crippen LogP contribution in [0, 0.1) is 6.92 Å². The van der Waals surface area contributed by atoms with Crippen LogP contribution in [0.4, 0.5) is 0 Å². The number of pyridine rings is 1. The number of unbranched alkanes of at least 4 members (excludes halogenated alkanes) is 4. The van der Waals surface area contributed by atoms with Crippen LogP contribution in [0.25, 0.3) is 0 Å². The zero-order valence-corrected chi connectivity index (χ0v) is 21.6. The van der Waals surface area contributed by atoms with E-state index in [1.54, 1.807) is 0 Å². The lowest BCUT2D eigenvalue weighted by atomic mass is 10.0. The topological polar surface area (TPSA) is 59.0 Å². The van der Waals surface area contributed by atoms with Crippen LogP contribution in [0.3, 0.4) is 0 Å². The van der Waals surface area contributed by atoms with Crippen molar-refractivity contribution in [2.75, 3.05) is 33.0 Å². The van der Waals surface area contributed by atoms with E-state index < -0.39 is 0 Å². The molecule has 0 spiro atoms. The van der Waals surface area contributed by atoms with Crippen molar-refractivity contribution in [3.8, 4) is 5.88 Å². The van der Waals surface area contributed by atoms with E-state index >= 15 is 0 Å². The molecule has 0 aliphatic carbocycles. The van der Waals surface area contributed by atoms with Crippen LogP contribution in [-0.4, -0.2) is 56.3 Å². The highest BCUT2D eigenvalue weighted by Gasteiger charge is 2.47. The normalized spacial score (nSPS) is 22.7. The summed E-state index contributed by atoms with van der Waals surface area (Å²) < 4.78 is 31.1. The van der Waals surface area contributed by atoms with Crippen LogP contribution in [-0.2, 0) is 18.9 Å². The maximum atomic E-state index is 6.55. The van der Waals surface area contributed by atoms with Gasteiger partial charge in [-0.15, -0.1) is 0 Å². The maximum absolute atomic E-state index is 6.55. The second-order valence-electron chi connectivity index (χ2n) is 8.99. The minimum atomic E-state index is -0.232. The summed E-state index contributed by atoms with van der Waals surface area (Å²) in [4.78, 5) is 4.61. The van der Waals surface area contributed by atoms with E-state index in [1.165, 1.54) is 0 Å². The van der Waals surface area contributed by atoms with E-state index in [0.717, 1.165) is 69.1 Å². The number of aryl methyl sites for hydroxylation is 1. The number of hydrogen-bond donors (Lipinski definition) is 0. The minimum Gasteiger partial charge on any atom is -0.477 e. The molecule has 0 radical (unpaired) electrons. The zero-order chi connectivity index (χ0) is 23.9. The predicted octanol–water partition coefficient (Wildman–Crippen LogP) is 6.20. The molecule has 1 aliphatic heterocycles. The quantitative estimate of drug-likeness (QED) is 0.241. The highest BCUT2D eigenvalue weighted by atomic mass is 16.6. The van der Waals surface area contributed by atoms with E-state index in [-0.39, 0.29) is 24.4 Å². The number of rotatable bonds is 18. The first kappa shape index (κ1) is 28.0. The molecule has 2 heterocycles. The van der Waals surface area contributed by atoms with Gasteiger partial charge in [-0.3, -0.25) is 0 Å². The Morgan fingerprint density at radius 2 is 1.42 bits per heavy atom. The Balaban J connectivity index is 2.19. The van der Waals surface area contributed by atoms with Gasteiger partial charge in [-0.2, -0.15) is 0 Å². The van der Waals surface area contributed by atoms with Gasteiger partial charge in [0.15, 0.2) is 0 Å². The van der Waals surface area contributed by atoms with Crippen molar-refractivity contribution in [2.24, 2.45) is 0 Å². The fourth-order valence-corrected chi connectivity index (χ4v) is 3.89. The van der Waals surface area contributed by atoms with Crippen molar-refractivity contribution < 1.29 is 23.7 Å². The fourth-order valence-electron chi connectivity index (χ4n) is 3.89. The number of nitrogens with zero attached hydrogens (tertiary/aromatic N) is 1. The number of hydrogen-bond acceptors (Lipinski definition) is 6. The molecule has 190 valence electrons. The first-order valence-electron chi connectivity index (χ1n) is 13.2. The van der Waals surface area contributed by atoms with Crippen LogP contribution in [0.1, 0.15) is 96.3 Å². The second-order valence-corrected chi connectivity index (χ2v) is 8.99. The highest BCUT2D eigenvalue weighted by Crippen LogP contribution is 2.38. The summed E-state index contributed by atoms with van der Waals surface area (Å²) in [5.41, 5.74) is 2.03. The van der Waals surface area contributed by atoms with Gasteiger partial charge in [-0.25, -0.2) is 4.98 Å². The molecule has 1 aromatic rings. The van der Waals surface area contributed by atoms with E-state index in [9.17, 15) is 0 Å². The van der Waals surface area contributed by atoms with Gasteiger partial charge >= 0.3 is 0 Å². The summed E-state index contributed by atoms with van der Waals surface area (Å²) in [7, 11) is 0. The lowest BCUT2D eigenvalue weighted by molar-refractivity contribution is -0.0795. The molecule has 33 heavy (non-hydrogen) atoms. The lowest BCUT2D eigenvalue weighted by Gasteiger charge is -2.25. The average Bonchev–Trinajstić information content (AvgIpc) is 3.15. The third-order valence-corrected chi connectivity index (χ3v) is 5.97. The fraction of sp³-hybridized carbons (Fsp3) is 0.815. The zero-order valence-electron chi connectivity index (χ0n) is 21.6. The Kier molecular flexibility index (Phi) is 13.9. The molecule has 0 aromatic carbocycles. The highest BCUT2D eigenvalue weighted by molar-refractivity contribution is 5.31. The van der Waals surface area contributed by atoms with Crippen molar-refractivity contribution in [3.05, 3.63) is 23.4 Å². The molecule has 1 fully saturated rings. The summed E-state index contributed by atoms with van der Waals surface area (Å²) in [6.45, 7) is 14.1. The molecule has 1 aromatic heterocycles. The SMILES string of the molecule is CCCCOC[C@H]1O[C@@H](c2cnc(OCCCC)c(C)c2)[C@@H](OCCCC)C1OCCCC. The molecule has 0 amide bonds. The van der Waals surface area contributed by atoms with Crippen molar-refractivity contribution >= 4 is 0 Å². The molecule has 2 rings (SSSR count). The first-order chi connectivity index (χ1) is 16.2. The minimum absolute atomic E-state index is 0.152. The van der Waals surface area contributed by atoms with Crippen LogP contribution in [0.5, 0.6) is 5.88 Å². The largest absolute Gasteiger partial charge is 0.477 e. The molecule has 0 bridgehead atoms. The van der Waals surface area contributed by atoms with Crippen LogP contribution in [0.2, 0.25) is 0 Å². The Bertz CT molecular complexity index is 641. The molecule has 6 nitrogen and oxygen atoms in total. The van der Waals surface area contributed by atoms with Gasteiger partial charge in [-0.1, -0.05) is 53.4 Å². The Morgan fingerprint density at radius 1 is 0.818 bits per heavy atom. The van der Waals surface area contributed by atoms with Gasteiger partial charge in [-0.05, 0) is 38.7 Å². The number of ether oxygens (including phenoxy) is 5. The molecule has 1 saturated heterocycles. The van der Waals surface area contributed by atoms with Gasteiger partial charge in [0.2, 0.25) is 5.88 Å². The smallest absolute Gasteiger partial charge is 0.216 e. The van der Waals surface area contributed by atoms with Crippen LogP contribution >= 0.6 is 0 Å². The third-order valence-electron chi connectivity index (χ3n) is 5.97. The van der Waals surface area contributed by atoms with Crippen LogP contribution in [0.15, 0.2) is 12.3 Å². The van der Waals surface area contributed by atoms with Gasteiger partial charge < -0.3 is 23.7 Å². The summed E-state index contributed by atoms with van der Waals surface area (Å²) in [5, 5.41) is 0. The molecular weight excluding hydrogens is 418 g/mol. The standard InChI is InChI=1S/C27H47NO5/c1-6-10-14-29-20-23-25(30-15-11-7-2)26(31-16-12-8-3)24(33-23)22-18-21(5)27(28-19-22)32-17-13-9-4/h18-19,23-26H,6-17,20H2,1-5H3/t23-,24+,25?,26-/m1/s1. The van der Waals surface area contributed by atoms with Gasteiger partial charge in [0.25, 0.3) is 0 Å². The Hall–Kier alpha value is -1.21. The predicted molar refractivity (Wildman–Crippen MR) is 132 cm³/mol. The van der Waals surface area contributed by atoms with Crippen molar-refractivity contribution in [1.29, 1.82) is 0 Å². The first-order valence-corrected chi connectivity index (χ1v) is 13.2. The summed E-state index contributed by atoms with van der Waals surface area (Å²) in [6.07, 6.45) is 9.68. The van der Waals surface area contributed by atoms with Crippen molar-refractivity contribution in [2.45, 2.75) is 110 Å². The number of aromatic nitrogens is 1. The van der Waals surface area contributed by atoms with Crippen molar-refractivity contribution in [1.82, 2.24) is 4.98 Å². The molecule has 1 aliphatic rings. The molecule has 1 unspecified atom stereocenters. The summed E-state index contributed by atoms with van der Waals surface area (Å²) in [5.74, 6) is 0.698. The molecule has 0 saturated carbocycles. The van der Waals surface area contributed by atoms with Crippen molar-refractivity contribution in [3.63, 3.8) is 0 Å². The lowest BCUT2D eigenvalue weighted by Crippen LogP contribution is -2.38. The van der Waals surface area contributed by atoms with Gasteiger partial charge in [0.1, 0.15) is 24.4 Å². The average molecular weight is 466 g/mol. The Labute approximate surface area is 201 Å². The molecule has 6 heteroatoms. The molecule has 0 N–H and O–H groups in total. The van der Waals surface area contributed by atoms with E-state index in [4.69, 9.17) is 23.7 Å². The van der Waals surface area contributed by atoms with E-state index in [1.807, 2.05) is 13.1 Å². The van der Waals surface area contributed by atoms with Crippen LogP contribution < -0.4 is 4.74 Å². The molecule has 4 atom stereocenters. The van der Waals surface area contributed by atoms with E-state index in [2.05, 4.69) is 38.7 Å². The van der Waals surface area contributed by atoms with Gasteiger partial charge in [0.05, 0.1) is 13.2 Å². The summed E-state index contributed by atoms with van der Waals surface area (Å²) in [6, 6.07) is 2.12.